The highest BCUT2D eigenvalue weighted by Gasteiger charge is 2.28. The molecule has 3 heterocycles. The lowest BCUT2D eigenvalue weighted by atomic mass is 9.97. The number of carbonyl (C=O) groups excluding carboxylic acids is 2. The Labute approximate surface area is 189 Å². The summed E-state index contributed by atoms with van der Waals surface area (Å²) in [5, 5.41) is 9.12. The number of hydrogen-bond acceptors (Lipinski definition) is 7. The van der Waals surface area contributed by atoms with Crippen molar-refractivity contribution in [3.8, 4) is 11.5 Å². The topological polar surface area (TPSA) is 88.7 Å². The molecule has 7 nitrogen and oxygen atoms in total. The van der Waals surface area contributed by atoms with E-state index in [2.05, 4.69) is 15.2 Å². The first-order valence-corrected chi connectivity index (χ1v) is 11.6. The maximum atomic E-state index is 12.7. The number of Topliss-reactive ketones (excluding diaryl/α,β-unsaturated/α-hetero) is 1. The molecule has 0 unspecified atom stereocenters. The zero-order chi connectivity index (χ0) is 21.9. The molecular formula is C24H22N4O3S. The summed E-state index contributed by atoms with van der Waals surface area (Å²) in [7, 11) is 0. The number of likely N-dealkylation sites (tertiary alicyclic amines) is 1. The first-order chi connectivity index (χ1) is 15.7. The van der Waals surface area contributed by atoms with E-state index >= 15 is 0 Å². The summed E-state index contributed by atoms with van der Waals surface area (Å²) >= 11 is 1.36. The minimum Gasteiger partial charge on any atom is -0.420 e. The molecule has 3 aromatic rings. The number of para-hydroxylation sites is 1. The van der Waals surface area contributed by atoms with Crippen LogP contribution >= 0.6 is 11.8 Å². The van der Waals surface area contributed by atoms with Gasteiger partial charge in [-0.05, 0) is 37.1 Å². The lowest BCUT2D eigenvalue weighted by molar-refractivity contribution is -0.129. The predicted octanol–water partition coefficient (Wildman–Crippen LogP) is 4.49. The van der Waals surface area contributed by atoms with Crippen LogP contribution in [0, 0.1) is 0 Å². The second kappa shape index (κ2) is 9.08. The summed E-state index contributed by atoms with van der Waals surface area (Å²) < 4.78 is 5.89. The van der Waals surface area contributed by atoms with Gasteiger partial charge >= 0.3 is 0 Å². The summed E-state index contributed by atoms with van der Waals surface area (Å²) in [6.45, 7) is 1.31. The minimum atomic E-state index is 0.0563. The summed E-state index contributed by atoms with van der Waals surface area (Å²) in [5.41, 5.74) is 2.25. The van der Waals surface area contributed by atoms with Crippen LogP contribution in [-0.4, -0.2) is 50.7 Å². The fourth-order valence-electron chi connectivity index (χ4n) is 4.01. The van der Waals surface area contributed by atoms with Crippen LogP contribution in [0.25, 0.3) is 11.5 Å². The molecule has 5 rings (SSSR count). The average molecular weight is 447 g/mol. The molecule has 1 amide bonds. The lowest BCUT2D eigenvalue weighted by Crippen LogP contribution is -2.39. The van der Waals surface area contributed by atoms with E-state index in [1.54, 1.807) is 6.07 Å². The molecular weight excluding hydrogens is 424 g/mol. The van der Waals surface area contributed by atoms with Crippen LogP contribution in [0.15, 0.2) is 64.0 Å². The molecule has 0 atom stereocenters. The molecule has 2 aliphatic rings. The second-order valence-electron chi connectivity index (χ2n) is 7.88. The van der Waals surface area contributed by atoms with Gasteiger partial charge in [0.2, 0.25) is 17.7 Å². The third kappa shape index (κ3) is 4.36. The molecule has 1 saturated heterocycles. The zero-order valence-corrected chi connectivity index (χ0v) is 18.3. The fraction of sp³-hybridized carbons (Fsp3) is 0.292. The standard InChI is InChI=1S/C24H22N4O3S/c29-20-14-21(25-19-9-5-4-8-18(19)20)32-15-22(30)28-12-10-17(11-13-28)24-27-26-23(31-24)16-6-2-1-3-7-16/h1-9,17H,10-15H2. The molecule has 32 heavy (non-hydrogen) atoms. The Morgan fingerprint density at radius 1 is 1.03 bits per heavy atom. The van der Waals surface area contributed by atoms with Crippen LogP contribution in [-0.2, 0) is 4.79 Å². The van der Waals surface area contributed by atoms with E-state index in [0.29, 0.717) is 41.2 Å². The second-order valence-corrected chi connectivity index (χ2v) is 8.93. The molecule has 2 aromatic carbocycles. The van der Waals surface area contributed by atoms with Gasteiger partial charge in [-0.3, -0.25) is 9.59 Å². The van der Waals surface area contributed by atoms with Crippen molar-refractivity contribution < 1.29 is 14.0 Å². The van der Waals surface area contributed by atoms with Crippen molar-refractivity contribution >= 4 is 34.2 Å². The molecule has 0 N–H and O–H groups in total. The van der Waals surface area contributed by atoms with Crippen LogP contribution in [0.3, 0.4) is 0 Å². The highest BCUT2D eigenvalue weighted by Crippen LogP contribution is 2.31. The number of hydrogen-bond donors (Lipinski definition) is 0. The first-order valence-electron chi connectivity index (χ1n) is 10.7. The van der Waals surface area contributed by atoms with Crippen molar-refractivity contribution in [3.05, 3.63) is 66.1 Å². The number of fused-ring (bicyclic) bond motifs is 1. The molecule has 0 aliphatic carbocycles. The number of amides is 1. The molecule has 0 radical (unpaired) electrons. The molecule has 8 heteroatoms. The monoisotopic (exact) mass is 446 g/mol. The Hall–Kier alpha value is -3.26. The van der Waals surface area contributed by atoms with Gasteiger partial charge in [0.15, 0.2) is 5.78 Å². The molecule has 0 bridgehead atoms. The zero-order valence-electron chi connectivity index (χ0n) is 17.4. The van der Waals surface area contributed by atoms with Crippen LogP contribution in [0.5, 0.6) is 0 Å². The molecule has 1 aromatic heterocycles. The number of rotatable bonds is 4. The maximum Gasteiger partial charge on any atom is 0.247 e. The summed E-state index contributed by atoms with van der Waals surface area (Å²) in [6.07, 6.45) is 1.84. The van der Waals surface area contributed by atoms with Crippen molar-refractivity contribution in [2.45, 2.75) is 25.2 Å². The normalized spacial score (nSPS) is 16.6. The number of ketones is 1. The molecule has 2 aliphatic heterocycles. The Balaban J connectivity index is 1.14. The van der Waals surface area contributed by atoms with Gasteiger partial charge in [-0.25, -0.2) is 4.99 Å². The van der Waals surface area contributed by atoms with Gasteiger partial charge in [0.05, 0.1) is 22.9 Å². The quantitative estimate of drug-likeness (QED) is 0.587. The molecule has 1 fully saturated rings. The predicted molar refractivity (Wildman–Crippen MR) is 123 cm³/mol. The van der Waals surface area contributed by atoms with Crippen molar-refractivity contribution in [2.24, 2.45) is 4.99 Å². The summed E-state index contributed by atoms with van der Waals surface area (Å²) in [4.78, 5) is 31.4. The smallest absolute Gasteiger partial charge is 0.247 e. The molecule has 0 spiro atoms. The number of thioether (sulfide) groups is 1. The van der Waals surface area contributed by atoms with Gasteiger partial charge in [0, 0.05) is 30.1 Å². The van der Waals surface area contributed by atoms with E-state index in [9.17, 15) is 9.59 Å². The van der Waals surface area contributed by atoms with Crippen LogP contribution in [0.4, 0.5) is 5.69 Å². The summed E-state index contributed by atoms with van der Waals surface area (Å²) in [6, 6.07) is 17.1. The SMILES string of the molecule is O=C1CC(SCC(=O)N2CCC(c3nnc(-c4ccccc4)o3)CC2)=Nc2ccccc21. The third-order valence-corrected chi connectivity index (χ3v) is 6.74. The van der Waals surface area contributed by atoms with Gasteiger partial charge < -0.3 is 9.32 Å². The number of aromatic nitrogens is 2. The highest BCUT2D eigenvalue weighted by molar-refractivity contribution is 8.14. The van der Waals surface area contributed by atoms with Gasteiger partial charge in [0.25, 0.3) is 0 Å². The van der Waals surface area contributed by atoms with E-state index in [-0.39, 0.29) is 29.8 Å². The largest absolute Gasteiger partial charge is 0.420 e. The van der Waals surface area contributed by atoms with Gasteiger partial charge in [-0.2, -0.15) is 0 Å². The maximum absolute atomic E-state index is 12.7. The van der Waals surface area contributed by atoms with Crippen LogP contribution < -0.4 is 0 Å². The van der Waals surface area contributed by atoms with E-state index in [4.69, 9.17) is 4.42 Å². The highest BCUT2D eigenvalue weighted by atomic mass is 32.2. The van der Waals surface area contributed by atoms with Gasteiger partial charge in [0.1, 0.15) is 0 Å². The first kappa shape index (κ1) is 20.6. The van der Waals surface area contributed by atoms with E-state index in [0.717, 1.165) is 18.4 Å². The molecule has 162 valence electrons. The van der Waals surface area contributed by atoms with Crippen molar-refractivity contribution in [1.82, 2.24) is 15.1 Å². The van der Waals surface area contributed by atoms with E-state index in [1.807, 2.05) is 53.4 Å². The van der Waals surface area contributed by atoms with Crippen LogP contribution in [0.2, 0.25) is 0 Å². The van der Waals surface area contributed by atoms with Crippen molar-refractivity contribution in [1.29, 1.82) is 0 Å². The lowest BCUT2D eigenvalue weighted by Gasteiger charge is -2.30. The van der Waals surface area contributed by atoms with Gasteiger partial charge in [-0.15, -0.1) is 22.0 Å². The number of nitrogens with zero attached hydrogens (tertiary/aromatic N) is 4. The number of piperidine rings is 1. The average Bonchev–Trinajstić information content (AvgIpc) is 3.34. The minimum absolute atomic E-state index is 0.0563. The summed E-state index contributed by atoms with van der Waals surface area (Å²) in [5.74, 6) is 1.74. The molecule has 0 saturated carbocycles. The van der Waals surface area contributed by atoms with E-state index in [1.165, 1.54) is 11.8 Å². The number of aliphatic imine (C=N–C) groups is 1. The Bertz CT molecular complexity index is 1170. The van der Waals surface area contributed by atoms with Crippen LogP contribution in [0.1, 0.15) is 41.4 Å². The number of carbonyl (C=O) groups is 2. The van der Waals surface area contributed by atoms with Crippen molar-refractivity contribution in [2.75, 3.05) is 18.8 Å². The number of benzene rings is 2. The third-order valence-electron chi connectivity index (χ3n) is 5.78. The van der Waals surface area contributed by atoms with E-state index < -0.39 is 0 Å². The van der Waals surface area contributed by atoms with Gasteiger partial charge in [-0.1, -0.05) is 30.3 Å². The fourth-order valence-corrected chi connectivity index (χ4v) is 4.87. The Morgan fingerprint density at radius 2 is 1.78 bits per heavy atom. The Kier molecular flexibility index (Phi) is 5.85. The van der Waals surface area contributed by atoms with Crippen molar-refractivity contribution in [3.63, 3.8) is 0 Å². The Morgan fingerprint density at radius 3 is 2.59 bits per heavy atom.